The van der Waals surface area contributed by atoms with Crippen LogP contribution >= 0.6 is 0 Å². The van der Waals surface area contributed by atoms with E-state index in [0.29, 0.717) is 0 Å². The van der Waals surface area contributed by atoms with Gasteiger partial charge in [-0.2, -0.15) is 0 Å². The van der Waals surface area contributed by atoms with Gasteiger partial charge in [0.2, 0.25) is 0 Å². The summed E-state index contributed by atoms with van der Waals surface area (Å²) < 4.78 is 5.73. The van der Waals surface area contributed by atoms with Crippen LogP contribution in [0.2, 0.25) is 0 Å². The molecule has 1 unspecified atom stereocenters. The van der Waals surface area contributed by atoms with E-state index in [0.717, 1.165) is 29.8 Å². The molecule has 1 aliphatic heterocycles. The van der Waals surface area contributed by atoms with Crippen molar-refractivity contribution in [3.05, 3.63) is 54.6 Å². The number of ether oxygens (including phenoxy) is 1. The molecule has 2 aromatic carbocycles. The van der Waals surface area contributed by atoms with E-state index in [-0.39, 0.29) is 0 Å². The second kappa shape index (κ2) is 9.11. The Morgan fingerprint density at radius 3 is 2.45 bits per heavy atom. The number of nitrogens with one attached hydrogen (secondary N) is 2. The Morgan fingerprint density at radius 2 is 1.86 bits per heavy atom. The van der Waals surface area contributed by atoms with E-state index in [4.69, 9.17) is 4.74 Å². The predicted molar refractivity (Wildman–Crippen MR) is 93.8 cm³/mol. The maximum absolute atomic E-state index is 5.73. The van der Waals surface area contributed by atoms with Gasteiger partial charge in [-0.25, -0.2) is 0 Å². The third-order valence-electron chi connectivity index (χ3n) is 3.50. The van der Waals surface area contributed by atoms with Gasteiger partial charge in [0, 0.05) is 24.3 Å². The Hall–Kier alpha value is -2.00. The quantitative estimate of drug-likeness (QED) is 0.860. The van der Waals surface area contributed by atoms with Crippen LogP contribution in [0.1, 0.15) is 26.7 Å². The van der Waals surface area contributed by atoms with Gasteiger partial charge in [0.25, 0.3) is 0 Å². The minimum atomic E-state index is 0.796. The summed E-state index contributed by atoms with van der Waals surface area (Å²) in [7, 11) is 0. The summed E-state index contributed by atoms with van der Waals surface area (Å²) in [5, 5.41) is 6.57. The normalized spacial score (nSPS) is 16.5. The minimum Gasteiger partial charge on any atom is -0.457 e. The fraction of sp³-hybridized carbons (Fsp3) is 0.368. The molecule has 22 heavy (non-hydrogen) atoms. The Labute approximate surface area is 133 Å². The summed E-state index contributed by atoms with van der Waals surface area (Å²) in [5.41, 5.74) is 1.08. The molecule has 0 amide bonds. The summed E-state index contributed by atoms with van der Waals surface area (Å²) in [6, 6.07) is 18.5. The molecule has 1 aliphatic rings. The number of hydrogen-bond donors (Lipinski definition) is 2. The van der Waals surface area contributed by atoms with Gasteiger partial charge < -0.3 is 15.4 Å². The van der Waals surface area contributed by atoms with Gasteiger partial charge >= 0.3 is 0 Å². The van der Waals surface area contributed by atoms with Gasteiger partial charge in [-0.1, -0.05) is 24.3 Å². The lowest BCUT2D eigenvalue weighted by Gasteiger charge is -2.08. The lowest BCUT2D eigenvalue weighted by molar-refractivity contribution is 0.483. The van der Waals surface area contributed by atoms with Crippen molar-refractivity contribution >= 4 is 5.69 Å². The Kier molecular flexibility index (Phi) is 6.78. The molecule has 1 saturated heterocycles. The molecular weight excluding hydrogens is 272 g/mol. The van der Waals surface area contributed by atoms with Crippen LogP contribution in [0.5, 0.6) is 11.5 Å². The van der Waals surface area contributed by atoms with E-state index in [1.165, 1.54) is 19.4 Å². The average Bonchev–Trinajstić information content (AvgIpc) is 3.01. The van der Waals surface area contributed by atoms with Gasteiger partial charge in [0.1, 0.15) is 11.5 Å². The Morgan fingerprint density at radius 1 is 1.09 bits per heavy atom. The number of anilines is 1. The summed E-state index contributed by atoms with van der Waals surface area (Å²) in [4.78, 5) is 0. The zero-order valence-electron chi connectivity index (χ0n) is 13.5. The van der Waals surface area contributed by atoms with Crippen LogP contribution in [0.15, 0.2) is 54.6 Å². The second-order valence-electron chi connectivity index (χ2n) is 5.47. The smallest absolute Gasteiger partial charge is 0.129 e. The van der Waals surface area contributed by atoms with E-state index in [1.807, 2.05) is 54.6 Å². The van der Waals surface area contributed by atoms with Gasteiger partial charge in [-0.15, -0.1) is 0 Å². The van der Waals surface area contributed by atoms with Gasteiger partial charge in [-0.3, -0.25) is 0 Å². The molecule has 0 bridgehead atoms. The zero-order chi connectivity index (χ0) is 15.6. The van der Waals surface area contributed by atoms with Crippen LogP contribution in [0.3, 0.4) is 0 Å². The maximum Gasteiger partial charge on any atom is 0.129 e. The largest absolute Gasteiger partial charge is 0.457 e. The molecule has 0 radical (unpaired) electrons. The van der Waals surface area contributed by atoms with Crippen molar-refractivity contribution in [1.82, 2.24) is 5.32 Å². The van der Waals surface area contributed by atoms with E-state index in [2.05, 4.69) is 24.5 Å². The number of benzene rings is 2. The fourth-order valence-corrected chi connectivity index (χ4v) is 2.36. The predicted octanol–water partition coefficient (Wildman–Crippen LogP) is 4.67. The van der Waals surface area contributed by atoms with Gasteiger partial charge in [-0.05, 0) is 57.5 Å². The average molecular weight is 298 g/mol. The standard InChI is InChI=1S/C14H15NO.C5H11N/c1-2-15-12-7-6-10-14(11-12)16-13-8-4-3-5-9-13;1-5-3-2-4-6-5/h3-11,15H,2H2,1H3;5-6H,2-4H2,1H3. The van der Waals surface area contributed by atoms with Crippen LogP contribution in [-0.4, -0.2) is 19.1 Å². The molecule has 0 saturated carbocycles. The third kappa shape index (κ3) is 5.78. The van der Waals surface area contributed by atoms with Crippen LogP contribution < -0.4 is 15.4 Å². The Bertz CT molecular complexity index is 536. The number of para-hydroxylation sites is 1. The molecule has 0 aliphatic carbocycles. The first kappa shape index (κ1) is 16.4. The Balaban J connectivity index is 0.000000246. The van der Waals surface area contributed by atoms with Crippen molar-refractivity contribution in [3.63, 3.8) is 0 Å². The monoisotopic (exact) mass is 298 g/mol. The SMILES string of the molecule is CC1CCCN1.CCNc1cccc(Oc2ccccc2)c1. The second-order valence-corrected chi connectivity index (χ2v) is 5.47. The molecule has 1 atom stereocenters. The van der Waals surface area contributed by atoms with E-state index >= 15 is 0 Å². The molecular formula is C19H26N2O. The van der Waals surface area contributed by atoms with Crippen molar-refractivity contribution in [2.45, 2.75) is 32.7 Å². The van der Waals surface area contributed by atoms with E-state index < -0.39 is 0 Å². The highest BCUT2D eigenvalue weighted by molar-refractivity contribution is 5.49. The van der Waals surface area contributed by atoms with Crippen molar-refractivity contribution in [2.75, 3.05) is 18.4 Å². The van der Waals surface area contributed by atoms with Crippen molar-refractivity contribution < 1.29 is 4.74 Å². The van der Waals surface area contributed by atoms with Crippen LogP contribution in [0.4, 0.5) is 5.69 Å². The molecule has 3 rings (SSSR count). The van der Waals surface area contributed by atoms with Gasteiger partial charge in [0.05, 0.1) is 0 Å². The molecule has 3 heteroatoms. The van der Waals surface area contributed by atoms with Crippen molar-refractivity contribution in [2.24, 2.45) is 0 Å². The molecule has 0 spiro atoms. The third-order valence-corrected chi connectivity index (χ3v) is 3.50. The summed E-state index contributed by atoms with van der Waals surface area (Å²) in [5.74, 6) is 1.71. The van der Waals surface area contributed by atoms with Crippen LogP contribution in [0.25, 0.3) is 0 Å². The van der Waals surface area contributed by atoms with Crippen molar-refractivity contribution in [3.8, 4) is 11.5 Å². The lowest BCUT2D eigenvalue weighted by Crippen LogP contribution is -2.16. The molecule has 1 fully saturated rings. The van der Waals surface area contributed by atoms with Crippen LogP contribution in [0, 0.1) is 0 Å². The number of rotatable bonds is 4. The topological polar surface area (TPSA) is 33.3 Å². The summed E-state index contributed by atoms with van der Waals surface area (Å²) in [6.07, 6.45) is 2.75. The summed E-state index contributed by atoms with van der Waals surface area (Å²) in [6.45, 7) is 6.45. The summed E-state index contributed by atoms with van der Waals surface area (Å²) >= 11 is 0. The van der Waals surface area contributed by atoms with E-state index in [9.17, 15) is 0 Å². The maximum atomic E-state index is 5.73. The van der Waals surface area contributed by atoms with Crippen LogP contribution in [-0.2, 0) is 0 Å². The first-order valence-electron chi connectivity index (χ1n) is 8.08. The highest BCUT2D eigenvalue weighted by Crippen LogP contribution is 2.23. The molecule has 0 aromatic heterocycles. The highest BCUT2D eigenvalue weighted by Gasteiger charge is 2.05. The van der Waals surface area contributed by atoms with E-state index in [1.54, 1.807) is 0 Å². The molecule has 2 aromatic rings. The highest BCUT2D eigenvalue weighted by atomic mass is 16.5. The molecule has 118 valence electrons. The minimum absolute atomic E-state index is 0.796. The molecule has 1 heterocycles. The number of hydrogen-bond acceptors (Lipinski definition) is 3. The lowest BCUT2D eigenvalue weighted by atomic mass is 10.3. The molecule has 2 N–H and O–H groups in total. The molecule has 3 nitrogen and oxygen atoms in total. The zero-order valence-corrected chi connectivity index (χ0v) is 13.5. The first-order valence-corrected chi connectivity index (χ1v) is 8.08. The van der Waals surface area contributed by atoms with Crippen molar-refractivity contribution in [1.29, 1.82) is 0 Å². The first-order chi connectivity index (χ1) is 10.8. The fourth-order valence-electron chi connectivity index (χ4n) is 2.36. The van der Waals surface area contributed by atoms with Gasteiger partial charge in [0.15, 0.2) is 0 Å².